The van der Waals surface area contributed by atoms with Crippen LogP contribution >= 0.6 is 0 Å². The molecule has 4 aliphatic rings. The summed E-state index contributed by atoms with van der Waals surface area (Å²) in [7, 11) is 1.59. The van der Waals surface area contributed by atoms with Gasteiger partial charge in [-0.2, -0.15) is 0 Å². The lowest BCUT2D eigenvalue weighted by atomic mass is 9.77. The average molecular weight is 594 g/mol. The largest absolute Gasteiger partial charge is 0.497 e. The van der Waals surface area contributed by atoms with E-state index in [2.05, 4.69) is 0 Å². The van der Waals surface area contributed by atoms with Gasteiger partial charge in [0, 0.05) is 12.5 Å². The van der Waals surface area contributed by atoms with Crippen molar-refractivity contribution in [1.82, 2.24) is 14.9 Å². The fraction of sp³-hybridized carbons (Fsp3) is 0.667. The Morgan fingerprint density at radius 1 is 1.02 bits per heavy atom. The highest BCUT2D eigenvalue weighted by Gasteiger charge is 2.55. The third-order valence-electron chi connectivity index (χ3n) is 9.96. The molecule has 2 aliphatic heterocycles. The van der Waals surface area contributed by atoms with Crippen molar-refractivity contribution < 1.29 is 33.7 Å². The molecule has 0 unspecified atom stereocenters. The molecular formula is C33H43N3O7. The molecule has 0 spiro atoms. The van der Waals surface area contributed by atoms with E-state index in [9.17, 15) is 19.5 Å². The minimum atomic E-state index is -1.09. The number of rotatable bonds is 2. The van der Waals surface area contributed by atoms with Crippen LogP contribution in [0.3, 0.4) is 0 Å². The summed E-state index contributed by atoms with van der Waals surface area (Å²) in [6.45, 7) is 5.82. The van der Waals surface area contributed by atoms with Gasteiger partial charge >= 0.3 is 11.9 Å². The molecule has 2 aliphatic carbocycles. The third kappa shape index (κ3) is 6.15. The smallest absolute Gasteiger partial charge is 0.326 e. The Kier molecular flexibility index (Phi) is 7.98. The Morgan fingerprint density at radius 3 is 2.58 bits per heavy atom. The van der Waals surface area contributed by atoms with Gasteiger partial charge in [-0.15, -0.1) is 0 Å². The lowest BCUT2D eigenvalue weighted by molar-refractivity contribution is -0.160. The molecule has 7 atom stereocenters. The van der Waals surface area contributed by atoms with Gasteiger partial charge in [-0.05, 0) is 67.4 Å². The highest BCUT2D eigenvalue weighted by atomic mass is 16.5. The van der Waals surface area contributed by atoms with Gasteiger partial charge in [-0.1, -0.05) is 33.6 Å². The number of methoxy groups -OCH3 is 1. The summed E-state index contributed by atoms with van der Waals surface area (Å²) < 4.78 is 17.9. The third-order valence-corrected chi connectivity index (χ3v) is 9.96. The Bertz CT molecular complexity index is 1400. The number of carbonyl (C=O) groups excluding carboxylic acids is 2. The molecule has 2 bridgehead atoms. The number of amides is 1. The first-order valence-electron chi connectivity index (χ1n) is 15.8. The summed E-state index contributed by atoms with van der Waals surface area (Å²) in [6.07, 6.45) is 6.21. The van der Waals surface area contributed by atoms with Crippen LogP contribution < -0.4 is 9.47 Å². The van der Waals surface area contributed by atoms with E-state index >= 15 is 0 Å². The number of carboxylic acid groups (broad SMARTS) is 1. The fourth-order valence-electron chi connectivity index (χ4n) is 7.45. The Labute approximate surface area is 252 Å². The molecule has 6 rings (SSSR count). The Balaban J connectivity index is 1.33. The number of carboxylic acids is 1. The topological polar surface area (TPSA) is 128 Å². The summed E-state index contributed by atoms with van der Waals surface area (Å²) in [4.78, 5) is 50.9. The zero-order valence-electron chi connectivity index (χ0n) is 25.6. The van der Waals surface area contributed by atoms with Crippen molar-refractivity contribution in [3.8, 4) is 11.6 Å². The van der Waals surface area contributed by atoms with Crippen LogP contribution in [0.5, 0.6) is 11.6 Å². The maximum absolute atomic E-state index is 14.1. The minimum Gasteiger partial charge on any atom is -0.497 e. The van der Waals surface area contributed by atoms with Crippen molar-refractivity contribution >= 4 is 28.9 Å². The lowest BCUT2D eigenvalue weighted by Gasteiger charge is -2.34. The number of hydrogen-bond acceptors (Lipinski definition) is 8. The van der Waals surface area contributed by atoms with E-state index < -0.39 is 29.4 Å². The standard InChI is InChI=1S/C33H43N3O7/c1-33(2,3)23-16-28(37)43-29-18(12-19-13-22(19)29)8-6-5-7-9-25-30(35-26-14-20(41-4)10-11-24(26)34-25)42-21-15-27(32(39)40)36(17-21)31(23)38/h10-11,14,18-19,21-23,27,29H,5-9,12-13,15-17H2,1-4H3,(H,39,40)/t18-,19+,21-,22-,23-,27+,29+/m1/s1. The van der Waals surface area contributed by atoms with Gasteiger partial charge in [0.15, 0.2) is 0 Å². The van der Waals surface area contributed by atoms with Crippen LogP contribution in [0.15, 0.2) is 18.2 Å². The van der Waals surface area contributed by atoms with Crippen LogP contribution in [0.25, 0.3) is 11.0 Å². The number of esters is 1. The van der Waals surface area contributed by atoms with E-state index in [4.69, 9.17) is 24.2 Å². The summed E-state index contributed by atoms with van der Waals surface area (Å²) in [5.41, 5.74) is 1.52. The van der Waals surface area contributed by atoms with Crippen LogP contribution in [0.2, 0.25) is 0 Å². The average Bonchev–Trinajstić information content (AvgIpc) is 3.45. The quantitative estimate of drug-likeness (QED) is 0.488. The molecule has 3 fully saturated rings. The number of fused-ring (bicyclic) bond motifs is 7. The summed E-state index contributed by atoms with van der Waals surface area (Å²) in [5, 5.41) is 10.1. The van der Waals surface area contributed by atoms with Crippen molar-refractivity contribution in [2.45, 2.75) is 96.8 Å². The van der Waals surface area contributed by atoms with Crippen LogP contribution in [0.4, 0.5) is 0 Å². The van der Waals surface area contributed by atoms with Gasteiger partial charge in [0.1, 0.15) is 29.7 Å². The Hall–Kier alpha value is -3.43. The molecule has 2 aromatic rings. The number of carbonyl (C=O) groups is 3. The second-order valence-electron chi connectivity index (χ2n) is 14.0. The van der Waals surface area contributed by atoms with Crippen molar-refractivity contribution in [3.05, 3.63) is 23.9 Å². The molecule has 1 amide bonds. The predicted octanol–water partition coefficient (Wildman–Crippen LogP) is 4.81. The molecule has 10 heteroatoms. The van der Waals surface area contributed by atoms with Gasteiger partial charge in [-0.25, -0.2) is 14.8 Å². The Morgan fingerprint density at radius 2 is 1.84 bits per heavy atom. The van der Waals surface area contributed by atoms with E-state index in [0.29, 0.717) is 41.3 Å². The first kappa shape index (κ1) is 29.6. The van der Waals surface area contributed by atoms with Crippen molar-refractivity contribution in [3.63, 3.8) is 0 Å². The first-order chi connectivity index (χ1) is 20.5. The number of benzene rings is 1. The normalized spacial score (nSPS) is 31.6. The van der Waals surface area contributed by atoms with Crippen molar-refractivity contribution in [2.24, 2.45) is 29.1 Å². The summed E-state index contributed by atoms with van der Waals surface area (Å²) >= 11 is 0. The highest BCUT2D eigenvalue weighted by Crippen LogP contribution is 2.57. The number of nitrogens with zero attached hydrogens (tertiary/aromatic N) is 3. The summed E-state index contributed by atoms with van der Waals surface area (Å²) in [6, 6.07) is 4.47. The molecule has 10 nitrogen and oxygen atoms in total. The minimum absolute atomic E-state index is 0.0700. The van der Waals surface area contributed by atoms with Gasteiger partial charge in [0.05, 0.1) is 37.0 Å². The molecule has 43 heavy (non-hydrogen) atoms. The van der Waals surface area contributed by atoms with Gasteiger partial charge in [-0.3, -0.25) is 9.59 Å². The second-order valence-corrected chi connectivity index (χ2v) is 14.0. The van der Waals surface area contributed by atoms with Crippen LogP contribution in [-0.4, -0.2) is 69.7 Å². The van der Waals surface area contributed by atoms with E-state index in [-0.39, 0.29) is 37.4 Å². The molecule has 0 radical (unpaired) electrons. The van der Waals surface area contributed by atoms with Gasteiger partial charge < -0.3 is 24.2 Å². The molecule has 1 aromatic carbocycles. The second kappa shape index (κ2) is 11.6. The maximum atomic E-state index is 14.1. The van der Waals surface area contributed by atoms with E-state index in [1.165, 1.54) is 4.90 Å². The molecule has 232 valence electrons. The first-order valence-corrected chi connectivity index (χ1v) is 15.8. The van der Waals surface area contributed by atoms with Crippen LogP contribution in [-0.2, 0) is 25.5 Å². The fourth-order valence-corrected chi connectivity index (χ4v) is 7.45. The van der Waals surface area contributed by atoms with Crippen molar-refractivity contribution in [2.75, 3.05) is 13.7 Å². The molecule has 1 saturated heterocycles. The number of aromatic nitrogens is 2. The van der Waals surface area contributed by atoms with Crippen molar-refractivity contribution in [1.29, 1.82) is 0 Å². The predicted molar refractivity (Wildman–Crippen MR) is 158 cm³/mol. The van der Waals surface area contributed by atoms with E-state index in [1.807, 2.05) is 32.9 Å². The van der Waals surface area contributed by atoms with Crippen LogP contribution in [0, 0.1) is 29.1 Å². The molecule has 2 saturated carbocycles. The SMILES string of the molecule is COc1ccc2nc3c(nc2c1)O[C@@H]1C[C@@H](C(=O)O)N(C1)C(=O)[C@H](C(C)(C)C)CC(=O)O[C@H]1[C@H](CCCCC3)C[C@H]2C[C@H]21. The molecule has 3 heterocycles. The van der Waals surface area contributed by atoms with E-state index in [1.54, 1.807) is 13.2 Å². The maximum Gasteiger partial charge on any atom is 0.326 e. The zero-order valence-corrected chi connectivity index (χ0v) is 25.6. The molecule has 1 aromatic heterocycles. The molecule has 1 N–H and O–H groups in total. The zero-order chi connectivity index (χ0) is 30.5. The van der Waals surface area contributed by atoms with Crippen LogP contribution in [0.1, 0.15) is 77.8 Å². The summed E-state index contributed by atoms with van der Waals surface area (Å²) in [5.74, 6) is -0.0845. The monoisotopic (exact) mass is 593 g/mol. The van der Waals surface area contributed by atoms with Gasteiger partial charge in [0.2, 0.25) is 11.8 Å². The lowest BCUT2D eigenvalue weighted by Crippen LogP contribution is -2.47. The number of aliphatic carboxylic acids is 1. The highest BCUT2D eigenvalue weighted by molar-refractivity contribution is 5.89. The van der Waals surface area contributed by atoms with Gasteiger partial charge in [0.25, 0.3) is 0 Å². The number of aryl methyl sites for hydroxylation is 1. The molecular weight excluding hydrogens is 550 g/mol. The van der Waals surface area contributed by atoms with E-state index in [0.717, 1.165) is 49.7 Å². The number of ether oxygens (including phenoxy) is 3. The number of hydrogen-bond donors (Lipinski definition) is 1.